The van der Waals surface area contributed by atoms with E-state index in [1.54, 1.807) is 0 Å². The molecule has 1 radical (unpaired) electrons. The summed E-state index contributed by atoms with van der Waals surface area (Å²) in [6.45, 7) is 9.42. The summed E-state index contributed by atoms with van der Waals surface area (Å²) < 4.78 is 6.42. The fraction of sp³-hybridized carbons (Fsp3) is 0.212. The maximum Gasteiger partial charge on any atom is 0.127 e. The van der Waals surface area contributed by atoms with E-state index in [2.05, 4.69) is 130 Å². The first kappa shape index (κ1) is 23.4. The molecule has 0 aromatic heterocycles. The average molecular weight is 474 g/mol. The second-order valence-corrected chi connectivity index (χ2v) is 12.4. The molecule has 1 aliphatic rings. The molecule has 175 valence electrons. The zero-order valence-corrected chi connectivity index (χ0v) is 22.3. The van der Waals surface area contributed by atoms with Crippen LogP contribution in [0.25, 0.3) is 6.08 Å². The third kappa shape index (κ3) is 3.96. The molecule has 0 saturated heterocycles. The van der Waals surface area contributed by atoms with Crippen LogP contribution in [0.2, 0.25) is 13.1 Å². The smallest absolute Gasteiger partial charge is 0.127 e. The van der Waals surface area contributed by atoms with Crippen molar-refractivity contribution in [2.75, 3.05) is 7.11 Å². The van der Waals surface area contributed by atoms with Crippen molar-refractivity contribution >= 4 is 20.1 Å². The maximum atomic E-state index is 6.42. The van der Waals surface area contributed by atoms with E-state index in [0.717, 1.165) is 5.75 Å². The number of hydrogen-bond donors (Lipinski definition) is 0. The van der Waals surface area contributed by atoms with Crippen LogP contribution in [0.1, 0.15) is 51.8 Å². The van der Waals surface area contributed by atoms with E-state index in [-0.39, 0.29) is 11.3 Å². The Morgan fingerprint density at radius 2 is 1.34 bits per heavy atom. The van der Waals surface area contributed by atoms with Gasteiger partial charge in [0.05, 0.1) is 15.9 Å². The fourth-order valence-corrected chi connectivity index (χ4v) is 7.54. The largest absolute Gasteiger partial charge is 0.496 e. The molecule has 0 fully saturated rings. The topological polar surface area (TPSA) is 9.23 Å². The molecule has 1 aliphatic carbocycles. The van der Waals surface area contributed by atoms with E-state index < -0.39 is 8.80 Å². The first-order chi connectivity index (χ1) is 17.0. The number of hydrogen-bond acceptors (Lipinski definition) is 1. The Kier molecular flexibility index (Phi) is 6.25. The summed E-state index contributed by atoms with van der Waals surface area (Å²) in [6.07, 6.45) is 4.61. The van der Waals surface area contributed by atoms with Crippen molar-refractivity contribution in [2.24, 2.45) is 0 Å². The number of fused-ring (bicyclic) bond motifs is 1. The summed E-state index contributed by atoms with van der Waals surface area (Å²) in [7, 11) is 1.07. The van der Waals surface area contributed by atoms with Gasteiger partial charge in [-0.2, -0.15) is 0 Å². The number of methoxy groups -OCH3 is 1. The van der Waals surface area contributed by atoms with Crippen molar-refractivity contribution in [3.8, 4) is 5.75 Å². The molecule has 5 rings (SSSR count). The number of benzene rings is 4. The number of ether oxygens (including phenoxy) is 1. The van der Waals surface area contributed by atoms with Gasteiger partial charge in [0.25, 0.3) is 0 Å². The minimum absolute atomic E-state index is 0.102. The van der Waals surface area contributed by atoms with Gasteiger partial charge in [0.2, 0.25) is 0 Å². The predicted molar refractivity (Wildman–Crippen MR) is 151 cm³/mol. The second kappa shape index (κ2) is 9.35. The minimum atomic E-state index is -0.780. The van der Waals surface area contributed by atoms with Crippen LogP contribution in [0.15, 0.2) is 97.1 Å². The van der Waals surface area contributed by atoms with E-state index in [4.69, 9.17) is 4.74 Å². The molecule has 1 nitrogen and oxygen atoms in total. The molecule has 1 atom stereocenters. The number of rotatable bonds is 6. The Bertz CT molecular complexity index is 1330. The van der Waals surface area contributed by atoms with Crippen LogP contribution < -0.4 is 9.92 Å². The lowest BCUT2D eigenvalue weighted by Crippen LogP contribution is -2.34. The van der Waals surface area contributed by atoms with Crippen molar-refractivity contribution in [2.45, 2.75) is 38.3 Å². The van der Waals surface area contributed by atoms with Gasteiger partial charge in [-0.15, -0.1) is 0 Å². The SMILES string of the molecule is COc1c(C2(C)C=Cc3ccccc32)cc(C)c([Si](C)C)c1C(c1ccccc1)c1ccccc1. The minimum Gasteiger partial charge on any atom is -0.496 e. The van der Waals surface area contributed by atoms with Crippen LogP contribution in [0.3, 0.4) is 0 Å². The first-order valence-electron chi connectivity index (χ1n) is 12.4. The highest BCUT2D eigenvalue weighted by Crippen LogP contribution is 2.48. The summed E-state index contributed by atoms with van der Waals surface area (Å²) >= 11 is 0. The summed E-state index contributed by atoms with van der Waals surface area (Å²) in [6, 6.07) is 33.0. The van der Waals surface area contributed by atoms with Gasteiger partial charge in [0, 0.05) is 22.5 Å². The molecule has 0 N–H and O–H groups in total. The van der Waals surface area contributed by atoms with E-state index in [0.29, 0.717) is 0 Å². The average Bonchev–Trinajstić information content (AvgIpc) is 3.23. The molecular weight excluding hydrogens is 440 g/mol. The highest BCUT2D eigenvalue weighted by Gasteiger charge is 2.38. The first-order valence-corrected chi connectivity index (χ1v) is 14.9. The molecule has 0 saturated carbocycles. The molecule has 2 heteroatoms. The molecule has 0 spiro atoms. The Labute approximate surface area is 211 Å². The second-order valence-electron chi connectivity index (χ2n) is 9.94. The lowest BCUT2D eigenvalue weighted by molar-refractivity contribution is 0.399. The van der Waals surface area contributed by atoms with Gasteiger partial charge in [0.1, 0.15) is 5.75 Å². The van der Waals surface area contributed by atoms with Gasteiger partial charge >= 0.3 is 0 Å². The zero-order valence-electron chi connectivity index (χ0n) is 21.3. The van der Waals surface area contributed by atoms with Gasteiger partial charge in [0.15, 0.2) is 0 Å². The van der Waals surface area contributed by atoms with Crippen molar-refractivity contribution < 1.29 is 4.74 Å². The molecule has 0 heterocycles. The van der Waals surface area contributed by atoms with Gasteiger partial charge in [-0.05, 0) is 36.1 Å². The number of allylic oxidation sites excluding steroid dienone is 1. The van der Waals surface area contributed by atoms with E-state index in [1.807, 2.05) is 7.11 Å². The highest BCUT2D eigenvalue weighted by atomic mass is 28.3. The summed E-state index contributed by atoms with van der Waals surface area (Å²) in [4.78, 5) is 0. The quantitative estimate of drug-likeness (QED) is 0.208. The summed E-state index contributed by atoms with van der Waals surface area (Å²) in [5.41, 5.74) is 8.92. The lowest BCUT2D eigenvalue weighted by Gasteiger charge is -2.33. The third-order valence-electron chi connectivity index (χ3n) is 7.45. The highest BCUT2D eigenvalue weighted by molar-refractivity contribution is 6.71. The number of aryl methyl sites for hydroxylation is 1. The molecule has 1 unspecified atom stereocenters. The van der Waals surface area contributed by atoms with Crippen LogP contribution in [0, 0.1) is 6.92 Å². The normalized spacial score (nSPS) is 16.7. The molecule has 0 bridgehead atoms. The van der Waals surface area contributed by atoms with Crippen molar-refractivity contribution in [3.05, 3.63) is 136 Å². The predicted octanol–water partition coefficient (Wildman–Crippen LogP) is 7.48. The van der Waals surface area contributed by atoms with Crippen LogP contribution >= 0.6 is 0 Å². The summed E-state index contributed by atoms with van der Waals surface area (Å²) in [5.74, 6) is 1.13. The van der Waals surface area contributed by atoms with E-state index in [1.165, 1.54) is 44.1 Å². The van der Waals surface area contributed by atoms with Crippen molar-refractivity contribution in [1.82, 2.24) is 0 Å². The Balaban J connectivity index is 1.86. The van der Waals surface area contributed by atoms with Crippen LogP contribution in [-0.4, -0.2) is 15.9 Å². The van der Waals surface area contributed by atoms with Gasteiger partial charge in [-0.3, -0.25) is 0 Å². The van der Waals surface area contributed by atoms with E-state index >= 15 is 0 Å². The maximum absolute atomic E-state index is 6.42. The van der Waals surface area contributed by atoms with Crippen molar-refractivity contribution in [1.29, 1.82) is 0 Å². The Morgan fingerprint density at radius 1 is 0.771 bits per heavy atom. The van der Waals surface area contributed by atoms with Gasteiger partial charge in [-0.25, -0.2) is 0 Å². The molecule has 0 amide bonds. The van der Waals surface area contributed by atoms with Crippen LogP contribution in [-0.2, 0) is 5.41 Å². The monoisotopic (exact) mass is 473 g/mol. The van der Waals surface area contributed by atoms with Gasteiger partial charge in [-0.1, -0.05) is 127 Å². The van der Waals surface area contributed by atoms with E-state index in [9.17, 15) is 0 Å². The molecule has 4 aromatic carbocycles. The van der Waals surface area contributed by atoms with Crippen molar-refractivity contribution in [3.63, 3.8) is 0 Å². The van der Waals surface area contributed by atoms with Crippen LogP contribution in [0.4, 0.5) is 0 Å². The molecule has 0 aliphatic heterocycles. The third-order valence-corrected chi connectivity index (χ3v) is 9.11. The Morgan fingerprint density at radius 3 is 1.91 bits per heavy atom. The standard InChI is InChI=1S/C33H33OSi/c1-23-22-28(33(2)21-20-24-14-12-13-19-27(24)33)31(34-3)30(32(23)35(4)5)29(25-15-8-6-9-16-25)26-17-10-7-11-18-26/h6-22,29H,1-5H3. The molecule has 35 heavy (non-hydrogen) atoms. The molecular formula is C33H33OSi. The van der Waals surface area contributed by atoms with Crippen LogP contribution in [0.5, 0.6) is 5.75 Å². The summed E-state index contributed by atoms with van der Waals surface area (Å²) in [5, 5.41) is 1.48. The Hall–Kier alpha value is -3.36. The molecule has 4 aromatic rings. The fourth-order valence-electron chi connectivity index (χ4n) is 5.88. The zero-order chi connectivity index (χ0) is 24.6. The lowest BCUT2D eigenvalue weighted by atomic mass is 9.74. The van der Waals surface area contributed by atoms with Gasteiger partial charge < -0.3 is 4.74 Å².